The maximum Gasteiger partial charge on any atom is 0.254 e. The van der Waals surface area contributed by atoms with Gasteiger partial charge in [0, 0.05) is 7.11 Å². The van der Waals surface area contributed by atoms with Crippen LogP contribution in [0.15, 0.2) is 18.2 Å². The molecule has 0 bridgehead atoms. The number of carbonyl (C=O) groups excluding carboxylic acids is 1. The Morgan fingerprint density at radius 1 is 1.50 bits per heavy atom. The van der Waals surface area contributed by atoms with Crippen LogP contribution in [0.25, 0.3) is 0 Å². The predicted octanol–water partition coefficient (Wildman–Crippen LogP) is 1.27. The Balaban J connectivity index is 2.94. The second-order valence-corrected chi connectivity index (χ2v) is 4.58. The number of anilines is 1. The van der Waals surface area contributed by atoms with E-state index in [0.29, 0.717) is 6.61 Å². The molecular formula is C12H18FN3O2. The van der Waals surface area contributed by atoms with Gasteiger partial charge in [-0.05, 0) is 26.0 Å². The lowest BCUT2D eigenvalue weighted by Crippen LogP contribution is -2.47. The Labute approximate surface area is 105 Å². The highest BCUT2D eigenvalue weighted by atomic mass is 19.1. The van der Waals surface area contributed by atoms with Crippen molar-refractivity contribution >= 4 is 11.6 Å². The van der Waals surface area contributed by atoms with Crippen LogP contribution in [0.3, 0.4) is 0 Å². The Bertz CT molecular complexity index is 435. The number of methoxy groups -OCH3 is 1. The number of amides is 1. The number of halogens is 1. The topological polar surface area (TPSA) is 76.4 Å². The minimum Gasteiger partial charge on any atom is -0.382 e. The van der Waals surface area contributed by atoms with Crippen molar-refractivity contribution < 1.29 is 13.9 Å². The van der Waals surface area contributed by atoms with E-state index in [1.807, 2.05) is 13.8 Å². The van der Waals surface area contributed by atoms with Crippen LogP contribution in [0.1, 0.15) is 24.2 Å². The van der Waals surface area contributed by atoms with Gasteiger partial charge in [-0.2, -0.15) is 0 Å². The van der Waals surface area contributed by atoms with Crippen LogP contribution in [0.4, 0.5) is 10.1 Å². The first-order valence-electron chi connectivity index (χ1n) is 5.48. The molecular weight excluding hydrogens is 237 g/mol. The van der Waals surface area contributed by atoms with E-state index in [2.05, 4.69) is 10.7 Å². The lowest BCUT2D eigenvalue weighted by Gasteiger charge is -2.25. The molecule has 100 valence electrons. The quantitative estimate of drug-likeness (QED) is 0.547. The minimum absolute atomic E-state index is 0.0248. The number of rotatable bonds is 5. The van der Waals surface area contributed by atoms with E-state index in [0.717, 1.165) is 0 Å². The number of ether oxygens (including phenoxy) is 1. The van der Waals surface area contributed by atoms with E-state index < -0.39 is 17.3 Å². The summed E-state index contributed by atoms with van der Waals surface area (Å²) in [6.07, 6.45) is 0. The van der Waals surface area contributed by atoms with Crippen molar-refractivity contribution in [2.45, 2.75) is 19.4 Å². The summed E-state index contributed by atoms with van der Waals surface area (Å²) < 4.78 is 18.4. The maximum atomic E-state index is 13.4. The molecule has 6 heteroatoms. The van der Waals surface area contributed by atoms with E-state index >= 15 is 0 Å². The Kier molecular flexibility index (Phi) is 4.63. The standard InChI is InChI=1S/C12H18FN3O2/c1-12(2,7-18-3)15-11(17)8-5-4-6-9(13)10(8)16-14/h4-6,16H,7,14H2,1-3H3,(H,15,17). The van der Waals surface area contributed by atoms with Gasteiger partial charge in [-0.1, -0.05) is 6.07 Å². The SMILES string of the molecule is COCC(C)(C)NC(=O)c1cccc(F)c1NN. The maximum absolute atomic E-state index is 13.4. The third kappa shape index (κ3) is 3.41. The number of hydrogen-bond acceptors (Lipinski definition) is 4. The summed E-state index contributed by atoms with van der Waals surface area (Å²) in [5.41, 5.74) is 1.77. The highest BCUT2D eigenvalue weighted by molar-refractivity contribution is 6.00. The molecule has 0 aliphatic rings. The van der Waals surface area contributed by atoms with E-state index in [1.165, 1.54) is 18.2 Å². The monoisotopic (exact) mass is 255 g/mol. The molecule has 1 aromatic rings. The first-order chi connectivity index (χ1) is 8.41. The number of benzene rings is 1. The van der Waals surface area contributed by atoms with Gasteiger partial charge >= 0.3 is 0 Å². The first-order valence-corrected chi connectivity index (χ1v) is 5.48. The van der Waals surface area contributed by atoms with Gasteiger partial charge in [0.1, 0.15) is 5.82 Å². The average Bonchev–Trinajstić information content (AvgIpc) is 2.27. The van der Waals surface area contributed by atoms with E-state index in [4.69, 9.17) is 10.6 Å². The Morgan fingerprint density at radius 3 is 2.72 bits per heavy atom. The van der Waals surface area contributed by atoms with Gasteiger partial charge in [0.25, 0.3) is 5.91 Å². The van der Waals surface area contributed by atoms with Crippen molar-refractivity contribution in [2.75, 3.05) is 19.1 Å². The van der Waals surface area contributed by atoms with Crippen molar-refractivity contribution in [1.29, 1.82) is 0 Å². The van der Waals surface area contributed by atoms with Gasteiger partial charge in [-0.15, -0.1) is 0 Å². The summed E-state index contributed by atoms with van der Waals surface area (Å²) in [6, 6.07) is 4.18. The predicted molar refractivity (Wildman–Crippen MR) is 67.6 cm³/mol. The molecule has 0 radical (unpaired) electrons. The number of para-hydroxylation sites is 1. The molecule has 0 saturated heterocycles. The van der Waals surface area contributed by atoms with Crippen LogP contribution in [0, 0.1) is 5.82 Å². The van der Waals surface area contributed by atoms with Crippen LogP contribution >= 0.6 is 0 Å². The molecule has 0 spiro atoms. The van der Waals surface area contributed by atoms with Crippen molar-refractivity contribution in [3.05, 3.63) is 29.6 Å². The molecule has 1 amide bonds. The zero-order valence-corrected chi connectivity index (χ0v) is 10.7. The Morgan fingerprint density at radius 2 is 2.17 bits per heavy atom. The lowest BCUT2D eigenvalue weighted by atomic mass is 10.1. The summed E-state index contributed by atoms with van der Waals surface area (Å²) >= 11 is 0. The largest absolute Gasteiger partial charge is 0.382 e. The van der Waals surface area contributed by atoms with E-state index in [-0.39, 0.29) is 11.3 Å². The molecule has 0 saturated carbocycles. The summed E-state index contributed by atoms with van der Waals surface area (Å²) in [5.74, 6) is 4.23. The van der Waals surface area contributed by atoms with E-state index in [1.54, 1.807) is 7.11 Å². The second-order valence-electron chi connectivity index (χ2n) is 4.58. The highest BCUT2D eigenvalue weighted by Gasteiger charge is 2.23. The van der Waals surface area contributed by atoms with Crippen molar-refractivity contribution in [2.24, 2.45) is 5.84 Å². The molecule has 0 aliphatic heterocycles. The molecule has 0 atom stereocenters. The molecule has 1 aromatic carbocycles. The summed E-state index contributed by atoms with van der Waals surface area (Å²) in [4.78, 5) is 12.0. The van der Waals surface area contributed by atoms with Crippen LogP contribution < -0.4 is 16.6 Å². The van der Waals surface area contributed by atoms with Crippen molar-refractivity contribution in [1.82, 2.24) is 5.32 Å². The fraction of sp³-hybridized carbons (Fsp3) is 0.417. The number of hydrazine groups is 1. The molecule has 1 rings (SSSR count). The number of nitrogen functional groups attached to an aromatic ring is 1. The summed E-state index contributed by atoms with van der Waals surface area (Å²) in [6.45, 7) is 3.96. The molecule has 0 heterocycles. The third-order valence-electron chi connectivity index (χ3n) is 2.36. The molecule has 0 fully saturated rings. The zero-order valence-electron chi connectivity index (χ0n) is 10.7. The number of hydrogen-bond donors (Lipinski definition) is 3. The van der Waals surface area contributed by atoms with Crippen LogP contribution in [0.2, 0.25) is 0 Å². The normalized spacial score (nSPS) is 11.2. The average molecular weight is 255 g/mol. The van der Waals surface area contributed by atoms with Crippen LogP contribution in [-0.2, 0) is 4.74 Å². The van der Waals surface area contributed by atoms with Crippen molar-refractivity contribution in [3.63, 3.8) is 0 Å². The summed E-state index contributed by atoms with van der Waals surface area (Å²) in [7, 11) is 1.54. The molecule has 5 nitrogen and oxygen atoms in total. The third-order valence-corrected chi connectivity index (χ3v) is 2.36. The van der Waals surface area contributed by atoms with Crippen LogP contribution in [0.5, 0.6) is 0 Å². The number of nitrogens with one attached hydrogen (secondary N) is 2. The lowest BCUT2D eigenvalue weighted by molar-refractivity contribution is 0.0820. The summed E-state index contributed by atoms with van der Waals surface area (Å²) in [5, 5.41) is 2.75. The van der Waals surface area contributed by atoms with Crippen LogP contribution in [-0.4, -0.2) is 25.2 Å². The molecule has 0 aromatic heterocycles. The fourth-order valence-electron chi connectivity index (χ4n) is 1.63. The van der Waals surface area contributed by atoms with Gasteiger partial charge in [-0.3, -0.25) is 10.6 Å². The highest BCUT2D eigenvalue weighted by Crippen LogP contribution is 2.19. The second kappa shape index (κ2) is 5.79. The first kappa shape index (κ1) is 14.4. The fourth-order valence-corrected chi connectivity index (χ4v) is 1.63. The van der Waals surface area contributed by atoms with Gasteiger partial charge in [0.2, 0.25) is 0 Å². The Hall–Kier alpha value is -1.66. The molecule has 0 unspecified atom stereocenters. The molecule has 0 aliphatic carbocycles. The molecule has 4 N–H and O–H groups in total. The minimum atomic E-state index is -0.574. The van der Waals surface area contributed by atoms with Crippen molar-refractivity contribution in [3.8, 4) is 0 Å². The van der Waals surface area contributed by atoms with Gasteiger partial charge in [0.15, 0.2) is 0 Å². The smallest absolute Gasteiger partial charge is 0.254 e. The molecule has 18 heavy (non-hydrogen) atoms. The van der Waals surface area contributed by atoms with E-state index in [9.17, 15) is 9.18 Å². The zero-order chi connectivity index (χ0) is 13.8. The number of carbonyl (C=O) groups is 1. The van der Waals surface area contributed by atoms with Gasteiger partial charge in [-0.25, -0.2) is 4.39 Å². The number of nitrogens with two attached hydrogens (primary N) is 1. The van der Waals surface area contributed by atoms with Gasteiger partial charge < -0.3 is 15.5 Å². The van der Waals surface area contributed by atoms with Gasteiger partial charge in [0.05, 0.1) is 23.4 Å².